The minimum Gasteiger partial charge on any atom is -0.457 e. The third kappa shape index (κ3) is 3.33. The maximum Gasteiger partial charge on any atom is 0.416 e. The third-order valence-corrected chi connectivity index (χ3v) is 3.66. The molecule has 3 rings (SSSR count). The number of aromatic nitrogens is 1. The zero-order chi connectivity index (χ0) is 18.0. The maximum absolute atomic E-state index is 12.7. The van der Waals surface area contributed by atoms with Crippen molar-refractivity contribution in [2.45, 2.75) is 12.8 Å². The Morgan fingerprint density at radius 3 is 2.72 bits per heavy atom. The van der Waals surface area contributed by atoms with Crippen LogP contribution in [0.3, 0.4) is 0 Å². The van der Waals surface area contributed by atoms with Gasteiger partial charge in [-0.05, 0) is 30.3 Å². The van der Waals surface area contributed by atoms with Gasteiger partial charge in [0.2, 0.25) is 0 Å². The van der Waals surface area contributed by atoms with Gasteiger partial charge in [-0.1, -0.05) is 12.1 Å². The fraction of sp³-hybridized carbons (Fsp3) is 0.111. The predicted molar refractivity (Wildman–Crippen MR) is 82.7 cm³/mol. The number of rotatable bonds is 3. The summed E-state index contributed by atoms with van der Waals surface area (Å²) < 4.78 is 44.9. The molecule has 2 heterocycles. The average Bonchev–Trinajstić information content (AvgIpc) is 2.96. The first-order valence-electron chi connectivity index (χ1n) is 7.23. The summed E-state index contributed by atoms with van der Waals surface area (Å²) in [7, 11) is 0. The van der Waals surface area contributed by atoms with Crippen molar-refractivity contribution in [3.8, 4) is 6.07 Å². The topological polar surface area (TPSA) is 54.5 Å². The lowest BCUT2D eigenvalue weighted by molar-refractivity contribution is -0.137. The Kier molecular flexibility index (Phi) is 4.19. The van der Waals surface area contributed by atoms with E-state index in [1.165, 1.54) is 6.07 Å². The minimum atomic E-state index is -4.54. The first kappa shape index (κ1) is 16.6. The molecule has 0 saturated carbocycles. The molecular weight excluding hydrogens is 333 g/mol. The molecule has 0 atom stereocenters. The number of nitrogens with zero attached hydrogens (tertiary/aromatic N) is 2. The van der Waals surface area contributed by atoms with Gasteiger partial charge in [-0.15, -0.1) is 0 Å². The zero-order valence-corrected chi connectivity index (χ0v) is 12.7. The van der Waals surface area contributed by atoms with E-state index in [0.717, 1.165) is 18.2 Å². The summed E-state index contributed by atoms with van der Waals surface area (Å²) in [6.45, 7) is -0.209. The van der Waals surface area contributed by atoms with Gasteiger partial charge in [0.15, 0.2) is 0 Å². The molecular formula is C18H11F3N2O2. The summed E-state index contributed by atoms with van der Waals surface area (Å²) in [4.78, 5) is 12.0. The van der Waals surface area contributed by atoms with Crippen molar-refractivity contribution in [2.24, 2.45) is 0 Å². The van der Waals surface area contributed by atoms with Crippen LogP contribution in [0.5, 0.6) is 0 Å². The van der Waals surface area contributed by atoms with Gasteiger partial charge in [0.25, 0.3) is 0 Å². The zero-order valence-electron chi connectivity index (χ0n) is 12.7. The number of esters is 1. The lowest BCUT2D eigenvalue weighted by Crippen LogP contribution is -2.09. The molecule has 0 amide bonds. The molecule has 3 aromatic rings. The molecule has 0 spiro atoms. The lowest BCUT2D eigenvalue weighted by Gasteiger charge is -2.08. The fourth-order valence-corrected chi connectivity index (χ4v) is 2.47. The molecule has 25 heavy (non-hydrogen) atoms. The number of carbonyl (C=O) groups excluding carboxylic acids is 1. The maximum atomic E-state index is 12.7. The number of nitriles is 1. The number of fused-ring (bicyclic) bond motifs is 1. The highest BCUT2D eigenvalue weighted by atomic mass is 19.4. The Morgan fingerprint density at radius 2 is 2.00 bits per heavy atom. The molecule has 7 heteroatoms. The van der Waals surface area contributed by atoms with Gasteiger partial charge in [-0.25, -0.2) is 4.79 Å². The molecule has 0 aliphatic rings. The van der Waals surface area contributed by atoms with E-state index in [4.69, 9.17) is 4.74 Å². The van der Waals surface area contributed by atoms with Crippen LogP contribution in [0.25, 0.3) is 5.52 Å². The van der Waals surface area contributed by atoms with Gasteiger partial charge in [0.05, 0.1) is 22.2 Å². The summed E-state index contributed by atoms with van der Waals surface area (Å²) in [5, 5.41) is 9.28. The summed E-state index contributed by atoms with van der Waals surface area (Å²) in [5.41, 5.74) is 0.382. The van der Waals surface area contributed by atoms with Crippen molar-refractivity contribution < 1.29 is 22.7 Å². The van der Waals surface area contributed by atoms with Gasteiger partial charge in [0.1, 0.15) is 12.7 Å². The van der Waals surface area contributed by atoms with E-state index in [0.29, 0.717) is 16.6 Å². The van der Waals surface area contributed by atoms with Crippen LogP contribution in [-0.4, -0.2) is 10.4 Å². The molecule has 0 unspecified atom stereocenters. The lowest BCUT2D eigenvalue weighted by atomic mass is 10.1. The molecule has 2 aromatic heterocycles. The monoisotopic (exact) mass is 344 g/mol. The number of hydrogen-bond acceptors (Lipinski definition) is 3. The Morgan fingerprint density at radius 1 is 1.20 bits per heavy atom. The summed E-state index contributed by atoms with van der Waals surface area (Å²) in [6, 6.07) is 11.4. The third-order valence-electron chi connectivity index (χ3n) is 3.66. The quantitative estimate of drug-likeness (QED) is 0.670. The fourth-order valence-electron chi connectivity index (χ4n) is 2.47. The van der Waals surface area contributed by atoms with Gasteiger partial charge >= 0.3 is 12.1 Å². The molecule has 0 N–H and O–H groups in total. The number of pyridine rings is 1. The molecule has 1 aromatic carbocycles. The van der Waals surface area contributed by atoms with E-state index < -0.39 is 17.7 Å². The highest BCUT2D eigenvalue weighted by molar-refractivity contribution is 5.89. The van der Waals surface area contributed by atoms with Gasteiger partial charge in [0, 0.05) is 18.0 Å². The molecule has 126 valence electrons. The minimum absolute atomic E-state index is 0.197. The van der Waals surface area contributed by atoms with Crippen molar-refractivity contribution in [1.82, 2.24) is 4.40 Å². The summed E-state index contributed by atoms with van der Waals surface area (Å²) in [6.07, 6.45) is -1.15. The second kappa shape index (κ2) is 6.32. The van der Waals surface area contributed by atoms with Crippen molar-refractivity contribution in [1.29, 1.82) is 5.26 Å². The SMILES string of the molecule is N#Cc1c(COC(=O)c2cccc(C(F)(F)F)c2)cn2ccccc12. The number of ether oxygens (including phenoxy) is 1. The second-order valence-electron chi connectivity index (χ2n) is 5.29. The van der Waals surface area contributed by atoms with Crippen molar-refractivity contribution in [3.63, 3.8) is 0 Å². The van der Waals surface area contributed by atoms with E-state index in [1.54, 1.807) is 35.0 Å². The highest BCUT2D eigenvalue weighted by Crippen LogP contribution is 2.29. The number of alkyl halides is 3. The normalized spacial score (nSPS) is 11.3. The van der Waals surface area contributed by atoms with Crippen LogP contribution >= 0.6 is 0 Å². The van der Waals surface area contributed by atoms with Crippen molar-refractivity contribution >= 4 is 11.5 Å². The number of carbonyl (C=O) groups is 1. The van der Waals surface area contributed by atoms with Gasteiger partial charge in [-0.2, -0.15) is 18.4 Å². The first-order valence-corrected chi connectivity index (χ1v) is 7.23. The van der Waals surface area contributed by atoms with Crippen molar-refractivity contribution in [3.05, 3.63) is 77.1 Å². The van der Waals surface area contributed by atoms with E-state index in [1.807, 2.05) is 0 Å². The average molecular weight is 344 g/mol. The molecule has 0 aliphatic carbocycles. The molecule has 0 bridgehead atoms. The van der Waals surface area contributed by atoms with Crippen LogP contribution in [0.4, 0.5) is 13.2 Å². The van der Waals surface area contributed by atoms with Crippen LogP contribution in [-0.2, 0) is 17.5 Å². The molecule has 0 aliphatic heterocycles. The van der Waals surface area contributed by atoms with Crippen LogP contribution < -0.4 is 0 Å². The van der Waals surface area contributed by atoms with E-state index >= 15 is 0 Å². The van der Waals surface area contributed by atoms with Crippen LogP contribution in [0.15, 0.2) is 54.9 Å². The number of benzene rings is 1. The van der Waals surface area contributed by atoms with Crippen LogP contribution in [0, 0.1) is 11.3 Å². The molecule has 4 nitrogen and oxygen atoms in total. The molecule has 0 saturated heterocycles. The highest BCUT2D eigenvalue weighted by Gasteiger charge is 2.31. The molecule has 0 radical (unpaired) electrons. The summed E-state index contributed by atoms with van der Waals surface area (Å²) in [5.74, 6) is -0.884. The van der Waals surface area contributed by atoms with Gasteiger partial charge in [-0.3, -0.25) is 0 Å². The standard InChI is InChI=1S/C18H11F3N2O2/c19-18(20,21)14-5-3-4-12(8-14)17(24)25-11-13-10-23-7-2-1-6-16(23)15(13)9-22/h1-8,10H,11H2. The Labute approximate surface area is 140 Å². The van der Waals surface area contributed by atoms with E-state index in [-0.39, 0.29) is 12.2 Å². The smallest absolute Gasteiger partial charge is 0.416 e. The van der Waals surface area contributed by atoms with Crippen LogP contribution in [0.2, 0.25) is 0 Å². The summed E-state index contributed by atoms with van der Waals surface area (Å²) >= 11 is 0. The second-order valence-corrected chi connectivity index (χ2v) is 5.29. The number of hydrogen-bond donors (Lipinski definition) is 0. The van der Waals surface area contributed by atoms with Crippen LogP contribution in [0.1, 0.15) is 27.0 Å². The Hall–Kier alpha value is -3.27. The number of halogens is 3. The Bertz CT molecular complexity index is 984. The van der Waals surface area contributed by atoms with Crippen molar-refractivity contribution in [2.75, 3.05) is 0 Å². The predicted octanol–water partition coefficient (Wildman–Crippen LogP) is 4.19. The van der Waals surface area contributed by atoms with E-state index in [9.17, 15) is 23.2 Å². The Balaban J connectivity index is 1.81. The van der Waals surface area contributed by atoms with Gasteiger partial charge < -0.3 is 9.14 Å². The first-order chi connectivity index (χ1) is 11.9. The van der Waals surface area contributed by atoms with E-state index in [2.05, 4.69) is 6.07 Å². The molecule has 0 fully saturated rings. The largest absolute Gasteiger partial charge is 0.457 e.